The molecule has 0 aliphatic carbocycles. The van der Waals surface area contributed by atoms with E-state index in [1.807, 2.05) is 0 Å². The van der Waals surface area contributed by atoms with Gasteiger partial charge in [-0.05, 0) is 0 Å². The van der Waals surface area contributed by atoms with Crippen molar-refractivity contribution in [1.82, 2.24) is 19.8 Å². The molecular weight excluding hydrogens is 362 g/mol. The Morgan fingerprint density at radius 1 is 0.727 bits per heavy atom. The topological polar surface area (TPSA) is 43.1 Å². The number of alkyl halides is 10. The highest BCUT2D eigenvalue weighted by Gasteiger charge is 2.64. The summed E-state index contributed by atoms with van der Waals surface area (Å²) in [7, 11) is 0. The molecule has 0 atom stereocenters. The molecule has 15 heteroatoms. The second-order valence-electron chi connectivity index (χ2n) is 3.77. The molecule has 2 aromatic rings. The third-order valence-electron chi connectivity index (χ3n) is 2.25. The summed E-state index contributed by atoms with van der Waals surface area (Å²) < 4.78 is 125. The van der Waals surface area contributed by atoms with Crippen LogP contribution in [-0.4, -0.2) is 32.2 Å². The van der Waals surface area contributed by atoms with Crippen LogP contribution in [0.4, 0.5) is 43.9 Å². The molecule has 0 radical (unpaired) electrons. The number of halogens is 10. The van der Waals surface area contributed by atoms with Crippen LogP contribution in [0, 0.1) is 0 Å². The van der Waals surface area contributed by atoms with Crippen molar-refractivity contribution in [3.8, 4) is 0 Å². The Kier molecular flexibility index (Phi) is 3.35. The summed E-state index contributed by atoms with van der Waals surface area (Å²) in [5, 5.41) is 5.56. The van der Waals surface area contributed by atoms with Gasteiger partial charge in [-0.2, -0.15) is 53.5 Å². The molecule has 22 heavy (non-hydrogen) atoms. The monoisotopic (exact) mass is 362 g/mol. The van der Waals surface area contributed by atoms with Crippen molar-refractivity contribution in [2.45, 2.75) is 24.2 Å². The number of hydrogen-bond acceptors (Lipinski definition) is 4. The van der Waals surface area contributed by atoms with Gasteiger partial charge in [0.1, 0.15) is 0 Å². The maximum atomic E-state index is 13.1. The van der Waals surface area contributed by atoms with Gasteiger partial charge in [-0.15, -0.1) is 10.2 Å². The van der Waals surface area contributed by atoms with Crippen LogP contribution in [0.3, 0.4) is 0 Å². The SMILES string of the molecule is FC(F)(F)C(F)(F)c1nn2c(C(F)(F)C(F)(F)F)nnc2s1. The molecule has 0 amide bonds. The third kappa shape index (κ3) is 2.26. The standard InChI is InChI=1S/C7F10N4S/c8-4(9,6(12,13)14)1-18-19-3-21(1)20-2(22-3)5(10,11)7(15,16)17. The lowest BCUT2D eigenvalue weighted by molar-refractivity contribution is -0.293. The first-order chi connectivity index (χ1) is 9.69. The molecule has 0 aliphatic rings. The lowest BCUT2D eigenvalue weighted by Gasteiger charge is -2.17. The Labute approximate surface area is 116 Å². The van der Waals surface area contributed by atoms with Gasteiger partial charge in [0.25, 0.3) is 0 Å². The third-order valence-corrected chi connectivity index (χ3v) is 3.22. The average molecular weight is 362 g/mol. The highest BCUT2D eigenvalue weighted by molar-refractivity contribution is 7.16. The molecule has 0 aliphatic heterocycles. The second kappa shape index (κ2) is 4.42. The molecule has 0 unspecified atom stereocenters. The normalized spacial score (nSPS) is 14.8. The number of hydrogen-bond donors (Lipinski definition) is 0. The van der Waals surface area contributed by atoms with E-state index in [9.17, 15) is 43.9 Å². The van der Waals surface area contributed by atoms with Crippen LogP contribution >= 0.6 is 11.3 Å². The van der Waals surface area contributed by atoms with E-state index < -0.39 is 55.8 Å². The van der Waals surface area contributed by atoms with Crippen molar-refractivity contribution >= 4 is 16.3 Å². The Balaban J connectivity index is 2.61. The minimum absolute atomic E-state index is 0.493. The van der Waals surface area contributed by atoms with E-state index in [0.29, 0.717) is 0 Å². The van der Waals surface area contributed by atoms with Gasteiger partial charge in [-0.25, -0.2) is 0 Å². The maximum Gasteiger partial charge on any atom is 0.461 e. The molecule has 0 bridgehead atoms. The van der Waals surface area contributed by atoms with Crippen LogP contribution in [0.1, 0.15) is 10.8 Å². The summed E-state index contributed by atoms with van der Waals surface area (Å²) in [5.41, 5.74) is 0. The van der Waals surface area contributed by atoms with Crippen LogP contribution in [0.15, 0.2) is 0 Å². The van der Waals surface area contributed by atoms with Gasteiger partial charge in [0.2, 0.25) is 10.8 Å². The molecule has 0 spiro atoms. The van der Waals surface area contributed by atoms with Crippen molar-refractivity contribution in [3.05, 3.63) is 10.8 Å². The van der Waals surface area contributed by atoms with Gasteiger partial charge in [-0.1, -0.05) is 11.3 Å². The Morgan fingerprint density at radius 3 is 1.68 bits per heavy atom. The highest BCUT2D eigenvalue weighted by atomic mass is 32.1. The first-order valence-electron chi connectivity index (χ1n) is 4.82. The van der Waals surface area contributed by atoms with Crippen LogP contribution in [0.5, 0.6) is 0 Å². The zero-order chi connectivity index (χ0) is 17.1. The first-order valence-corrected chi connectivity index (χ1v) is 5.63. The van der Waals surface area contributed by atoms with Gasteiger partial charge in [0, 0.05) is 0 Å². The Bertz CT molecular complexity index is 694. The van der Waals surface area contributed by atoms with Crippen molar-refractivity contribution in [2.75, 3.05) is 0 Å². The number of nitrogens with zero attached hydrogens (tertiary/aromatic N) is 4. The lowest BCUT2D eigenvalue weighted by atomic mass is 10.3. The lowest BCUT2D eigenvalue weighted by Crippen LogP contribution is -2.36. The number of fused-ring (bicyclic) bond motifs is 1. The summed E-state index contributed by atoms with van der Waals surface area (Å²) in [6, 6.07) is 0. The van der Waals surface area contributed by atoms with E-state index in [-0.39, 0.29) is 0 Å². The van der Waals surface area contributed by atoms with Gasteiger partial charge in [0.15, 0.2) is 5.01 Å². The largest absolute Gasteiger partial charge is 0.461 e. The zero-order valence-electron chi connectivity index (χ0n) is 9.48. The summed E-state index contributed by atoms with van der Waals surface area (Å²) in [6.07, 6.45) is -12.3. The molecule has 4 nitrogen and oxygen atoms in total. The molecule has 2 heterocycles. The molecule has 0 saturated carbocycles. The number of aromatic nitrogens is 4. The molecule has 0 saturated heterocycles. The summed E-state index contributed by atoms with van der Waals surface area (Å²) in [4.78, 5) is -1.07. The van der Waals surface area contributed by atoms with E-state index >= 15 is 0 Å². The summed E-state index contributed by atoms with van der Waals surface area (Å²) in [5.74, 6) is -13.4. The quantitative estimate of drug-likeness (QED) is 0.769. The second-order valence-corrected chi connectivity index (χ2v) is 4.73. The Hall–Kier alpha value is -1.67. The van der Waals surface area contributed by atoms with Crippen molar-refractivity contribution in [1.29, 1.82) is 0 Å². The molecule has 2 rings (SSSR count). The molecule has 124 valence electrons. The van der Waals surface area contributed by atoms with E-state index in [2.05, 4.69) is 15.3 Å². The fourth-order valence-electron chi connectivity index (χ4n) is 1.19. The van der Waals surface area contributed by atoms with Gasteiger partial charge < -0.3 is 0 Å². The van der Waals surface area contributed by atoms with Crippen molar-refractivity contribution < 1.29 is 43.9 Å². The predicted molar refractivity (Wildman–Crippen MR) is 48.6 cm³/mol. The molecule has 0 N–H and O–H groups in total. The molecule has 0 aromatic carbocycles. The van der Waals surface area contributed by atoms with Crippen LogP contribution in [-0.2, 0) is 11.8 Å². The Morgan fingerprint density at radius 2 is 1.23 bits per heavy atom. The summed E-state index contributed by atoms with van der Waals surface area (Å²) in [6.45, 7) is 0. The van der Waals surface area contributed by atoms with Gasteiger partial charge in [0.05, 0.1) is 0 Å². The highest BCUT2D eigenvalue weighted by Crippen LogP contribution is 2.47. The van der Waals surface area contributed by atoms with Crippen molar-refractivity contribution in [3.63, 3.8) is 0 Å². The van der Waals surface area contributed by atoms with E-state index in [4.69, 9.17) is 0 Å². The molecule has 0 fully saturated rings. The van der Waals surface area contributed by atoms with E-state index in [1.165, 1.54) is 0 Å². The first kappa shape index (κ1) is 16.7. The number of rotatable bonds is 2. The maximum absolute atomic E-state index is 13.1. The molecular formula is C7F10N4S. The van der Waals surface area contributed by atoms with Gasteiger partial charge >= 0.3 is 24.2 Å². The molecule has 2 aromatic heterocycles. The summed E-state index contributed by atoms with van der Waals surface area (Å²) >= 11 is -0.514. The van der Waals surface area contributed by atoms with E-state index in [1.54, 1.807) is 0 Å². The van der Waals surface area contributed by atoms with Crippen LogP contribution in [0.2, 0.25) is 0 Å². The fourth-order valence-corrected chi connectivity index (χ4v) is 2.02. The van der Waals surface area contributed by atoms with E-state index in [0.717, 1.165) is 0 Å². The minimum Gasteiger partial charge on any atom is -0.188 e. The minimum atomic E-state index is -6.16. The predicted octanol–water partition coefficient (Wildman–Crippen LogP) is 3.49. The van der Waals surface area contributed by atoms with Gasteiger partial charge in [-0.3, -0.25) is 0 Å². The average Bonchev–Trinajstić information content (AvgIpc) is 2.83. The van der Waals surface area contributed by atoms with Crippen LogP contribution < -0.4 is 0 Å². The smallest absolute Gasteiger partial charge is 0.188 e. The fraction of sp³-hybridized carbons (Fsp3) is 0.571. The van der Waals surface area contributed by atoms with Crippen LogP contribution in [0.25, 0.3) is 4.96 Å². The van der Waals surface area contributed by atoms with Crippen molar-refractivity contribution in [2.24, 2.45) is 0 Å². The zero-order valence-corrected chi connectivity index (χ0v) is 10.3.